The molecular weight excluding hydrogens is 192 g/mol. The molecule has 0 spiro atoms. The minimum Gasteiger partial charge on any atom is -0.382 e. The maximum atomic E-state index is 5.75. The molecule has 2 N–H and O–H groups in total. The Morgan fingerprint density at radius 1 is 1.40 bits per heavy atom. The molecular formula is C11H18N2O2. The summed E-state index contributed by atoms with van der Waals surface area (Å²) >= 11 is 0. The van der Waals surface area contributed by atoms with Crippen molar-refractivity contribution in [2.45, 2.75) is 19.1 Å². The van der Waals surface area contributed by atoms with E-state index in [2.05, 4.69) is 4.98 Å². The van der Waals surface area contributed by atoms with E-state index in [4.69, 9.17) is 15.2 Å². The zero-order chi connectivity index (χ0) is 11.1. The van der Waals surface area contributed by atoms with Crippen molar-refractivity contribution in [3.8, 4) is 0 Å². The van der Waals surface area contributed by atoms with Crippen molar-refractivity contribution in [3.05, 3.63) is 30.1 Å². The van der Waals surface area contributed by atoms with Crippen LogP contribution in [0.4, 0.5) is 0 Å². The number of ether oxygens (including phenoxy) is 2. The summed E-state index contributed by atoms with van der Waals surface area (Å²) in [5, 5.41) is 0. The van der Waals surface area contributed by atoms with Gasteiger partial charge in [0.1, 0.15) is 0 Å². The van der Waals surface area contributed by atoms with E-state index in [9.17, 15) is 0 Å². The Morgan fingerprint density at radius 3 is 2.60 bits per heavy atom. The summed E-state index contributed by atoms with van der Waals surface area (Å²) in [6.07, 6.45) is 3.43. The molecule has 84 valence electrons. The Labute approximate surface area is 90.4 Å². The molecule has 0 bridgehead atoms. The normalized spacial score (nSPS) is 14.9. The highest BCUT2D eigenvalue weighted by molar-refractivity contribution is 5.13. The fourth-order valence-corrected chi connectivity index (χ4v) is 1.40. The number of hydrogen-bond donors (Lipinski definition) is 1. The summed E-state index contributed by atoms with van der Waals surface area (Å²) in [5.74, 6) is 0. The molecule has 0 saturated carbocycles. The highest BCUT2D eigenvalue weighted by Gasteiger charge is 2.13. The molecule has 4 heteroatoms. The second-order valence-corrected chi connectivity index (χ2v) is 3.41. The highest BCUT2D eigenvalue weighted by Crippen LogP contribution is 2.16. The van der Waals surface area contributed by atoms with Crippen LogP contribution in [0.3, 0.4) is 0 Å². The molecule has 4 nitrogen and oxygen atoms in total. The van der Waals surface area contributed by atoms with Crippen LogP contribution in [0.5, 0.6) is 0 Å². The van der Waals surface area contributed by atoms with E-state index in [-0.39, 0.29) is 12.2 Å². The average Bonchev–Trinajstić information content (AvgIpc) is 2.27. The minimum absolute atomic E-state index is 0.0386. The predicted octanol–water partition coefficient (Wildman–Crippen LogP) is 1.13. The maximum absolute atomic E-state index is 5.75. The quantitative estimate of drug-likeness (QED) is 0.764. The van der Waals surface area contributed by atoms with E-state index in [0.717, 1.165) is 5.56 Å². The number of aromatic nitrogens is 1. The van der Waals surface area contributed by atoms with Gasteiger partial charge in [0.15, 0.2) is 0 Å². The van der Waals surface area contributed by atoms with Crippen molar-refractivity contribution in [2.75, 3.05) is 20.3 Å². The van der Waals surface area contributed by atoms with Gasteiger partial charge < -0.3 is 15.2 Å². The van der Waals surface area contributed by atoms with Crippen molar-refractivity contribution in [3.63, 3.8) is 0 Å². The molecule has 15 heavy (non-hydrogen) atoms. The number of methoxy groups -OCH3 is 1. The van der Waals surface area contributed by atoms with Crippen molar-refractivity contribution >= 4 is 0 Å². The summed E-state index contributed by atoms with van der Waals surface area (Å²) in [4.78, 5) is 3.96. The van der Waals surface area contributed by atoms with Gasteiger partial charge in [0, 0.05) is 26.0 Å². The number of nitrogens with zero attached hydrogens (tertiary/aromatic N) is 1. The van der Waals surface area contributed by atoms with E-state index in [1.807, 2.05) is 19.1 Å². The largest absolute Gasteiger partial charge is 0.382 e. The van der Waals surface area contributed by atoms with Gasteiger partial charge in [0.25, 0.3) is 0 Å². The van der Waals surface area contributed by atoms with Gasteiger partial charge in [-0.1, -0.05) is 0 Å². The minimum atomic E-state index is -0.0850. The Balaban J connectivity index is 2.56. The van der Waals surface area contributed by atoms with E-state index in [0.29, 0.717) is 13.2 Å². The summed E-state index contributed by atoms with van der Waals surface area (Å²) in [6, 6.07) is 3.83. The second kappa shape index (κ2) is 6.50. The third kappa shape index (κ3) is 3.95. The molecule has 1 aromatic rings. The van der Waals surface area contributed by atoms with E-state index >= 15 is 0 Å². The SMILES string of the molecule is COCC(C)OC(CN)c1ccncc1. The number of nitrogens with two attached hydrogens (primary N) is 1. The first kappa shape index (κ1) is 12.1. The Hall–Kier alpha value is -0.970. The molecule has 1 aromatic heterocycles. The molecule has 0 aromatic carbocycles. The highest BCUT2D eigenvalue weighted by atomic mass is 16.5. The van der Waals surface area contributed by atoms with Gasteiger partial charge in [-0.05, 0) is 24.6 Å². The zero-order valence-corrected chi connectivity index (χ0v) is 9.22. The van der Waals surface area contributed by atoms with Crippen LogP contribution < -0.4 is 5.73 Å². The first-order valence-corrected chi connectivity index (χ1v) is 5.02. The lowest BCUT2D eigenvalue weighted by Gasteiger charge is -2.20. The molecule has 1 rings (SSSR count). The van der Waals surface area contributed by atoms with E-state index in [1.54, 1.807) is 19.5 Å². The number of rotatable bonds is 6. The fourth-order valence-electron chi connectivity index (χ4n) is 1.40. The molecule has 0 aliphatic rings. The van der Waals surface area contributed by atoms with Crippen LogP contribution in [0, 0.1) is 0 Å². The van der Waals surface area contributed by atoms with Crippen LogP contribution in [0.1, 0.15) is 18.6 Å². The van der Waals surface area contributed by atoms with Gasteiger partial charge in [0.2, 0.25) is 0 Å². The van der Waals surface area contributed by atoms with Crippen molar-refractivity contribution in [1.82, 2.24) is 4.98 Å². The van der Waals surface area contributed by atoms with Gasteiger partial charge in [0.05, 0.1) is 18.8 Å². The molecule has 0 amide bonds. The Bertz CT molecular complexity index is 267. The molecule has 0 aliphatic carbocycles. The van der Waals surface area contributed by atoms with Crippen LogP contribution in [0.15, 0.2) is 24.5 Å². The van der Waals surface area contributed by atoms with Crippen LogP contribution in [0.2, 0.25) is 0 Å². The summed E-state index contributed by atoms with van der Waals surface area (Å²) in [7, 11) is 1.66. The number of hydrogen-bond acceptors (Lipinski definition) is 4. The molecule has 0 aliphatic heterocycles. The molecule has 2 atom stereocenters. The topological polar surface area (TPSA) is 57.4 Å². The monoisotopic (exact) mass is 210 g/mol. The zero-order valence-electron chi connectivity index (χ0n) is 9.22. The second-order valence-electron chi connectivity index (χ2n) is 3.41. The molecule has 2 unspecified atom stereocenters. The Morgan fingerprint density at radius 2 is 2.07 bits per heavy atom. The van der Waals surface area contributed by atoms with Crippen LogP contribution in [-0.2, 0) is 9.47 Å². The van der Waals surface area contributed by atoms with Crippen LogP contribution >= 0.6 is 0 Å². The summed E-state index contributed by atoms with van der Waals surface area (Å²) in [6.45, 7) is 2.99. The van der Waals surface area contributed by atoms with E-state index in [1.165, 1.54) is 0 Å². The third-order valence-electron chi connectivity index (χ3n) is 2.09. The standard InChI is InChI=1S/C11H18N2O2/c1-9(8-14-2)15-11(7-12)10-3-5-13-6-4-10/h3-6,9,11H,7-8,12H2,1-2H3. The van der Waals surface area contributed by atoms with Gasteiger partial charge in [-0.25, -0.2) is 0 Å². The van der Waals surface area contributed by atoms with Crippen molar-refractivity contribution in [2.24, 2.45) is 5.73 Å². The van der Waals surface area contributed by atoms with Crippen molar-refractivity contribution in [1.29, 1.82) is 0 Å². The third-order valence-corrected chi connectivity index (χ3v) is 2.09. The summed E-state index contributed by atoms with van der Waals surface area (Å²) in [5.41, 5.74) is 6.71. The maximum Gasteiger partial charge on any atom is 0.0952 e. The summed E-state index contributed by atoms with van der Waals surface area (Å²) < 4.78 is 10.8. The predicted molar refractivity (Wildman–Crippen MR) is 58.5 cm³/mol. The lowest BCUT2D eigenvalue weighted by molar-refractivity contribution is -0.0362. The molecule has 0 fully saturated rings. The van der Waals surface area contributed by atoms with Gasteiger partial charge >= 0.3 is 0 Å². The lowest BCUT2D eigenvalue weighted by atomic mass is 10.1. The number of pyridine rings is 1. The van der Waals surface area contributed by atoms with Crippen molar-refractivity contribution < 1.29 is 9.47 Å². The molecule has 0 saturated heterocycles. The van der Waals surface area contributed by atoms with Gasteiger partial charge in [-0.2, -0.15) is 0 Å². The van der Waals surface area contributed by atoms with Gasteiger partial charge in [-0.3, -0.25) is 4.98 Å². The average molecular weight is 210 g/mol. The van der Waals surface area contributed by atoms with Crippen LogP contribution in [0.25, 0.3) is 0 Å². The lowest BCUT2D eigenvalue weighted by Crippen LogP contribution is -2.23. The van der Waals surface area contributed by atoms with Crippen LogP contribution in [-0.4, -0.2) is 31.3 Å². The smallest absolute Gasteiger partial charge is 0.0952 e. The first-order chi connectivity index (χ1) is 7.27. The Kier molecular flexibility index (Phi) is 5.25. The van der Waals surface area contributed by atoms with Gasteiger partial charge in [-0.15, -0.1) is 0 Å². The first-order valence-electron chi connectivity index (χ1n) is 5.02. The van der Waals surface area contributed by atoms with E-state index < -0.39 is 0 Å². The molecule has 1 heterocycles. The molecule has 0 radical (unpaired) electrons. The fraction of sp³-hybridized carbons (Fsp3) is 0.545.